The lowest BCUT2D eigenvalue weighted by Crippen LogP contribution is -2.51. The molecule has 1 aliphatic heterocycles. The van der Waals surface area contributed by atoms with Crippen molar-refractivity contribution in [3.63, 3.8) is 0 Å². The number of carbonyl (C=O) groups is 1. The van der Waals surface area contributed by atoms with Crippen molar-refractivity contribution in [1.29, 1.82) is 0 Å². The predicted octanol–water partition coefficient (Wildman–Crippen LogP) is 0.537. The van der Waals surface area contributed by atoms with E-state index in [0.29, 0.717) is 12.6 Å². The first-order valence-corrected chi connectivity index (χ1v) is 10.4. The van der Waals surface area contributed by atoms with E-state index < -0.39 is 15.4 Å². The Bertz CT molecular complexity index is 671. The first-order chi connectivity index (χ1) is 11.8. The molecule has 1 fully saturated rings. The van der Waals surface area contributed by atoms with Crippen LogP contribution in [-0.2, 0) is 19.4 Å². The number of nitrogens with zero attached hydrogens (tertiary/aromatic N) is 1. The molecular weight excluding hydrogens is 342 g/mol. The van der Waals surface area contributed by atoms with Crippen LogP contribution in [0, 0.1) is 0 Å². The molecule has 1 unspecified atom stereocenters. The quantitative estimate of drug-likeness (QED) is 0.677. The number of ether oxygens (including phenoxy) is 1. The van der Waals surface area contributed by atoms with Crippen molar-refractivity contribution in [2.75, 3.05) is 32.5 Å². The maximum absolute atomic E-state index is 12.8. The molecule has 8 heteroatoms. The van der Waals surface area contributed by atoms with Crippen molar-refractivity contribution in [3.8, 4) is 0 Å². The molecule has 0 aromatic heterocycles. The fourth-order valence-corrected chi connectivity index (χ4v) is 4.56. The average Bonchev–Trinajstić information content (AvgIpc) is 3.07. The van der Waals surface area contributed by atoms with Crippen molar-refractivity contribution in [2.45, 2.75) is 44.8 Å². The fraction of sp³-hybridized carbons (Fsp3) is 0.706. The molecule has 2 aliphatic rings. The lowest BCUT2D eigenvalue weighted by molar-refractivity contribution is -0.138. The van der Waals surface area contributed by atoms with Crippen molar-refractivity contribution in [3.05, 3.63) is 22.8 Å². The molecule has 0 bridgehead atoms. The van der Waals surface area contributed by atoms with Crippen LogP contribution in [0.4, 0.5) is 0 Å². The number of hydrogen-bond donors (Lipinski definition) is 2. The molecule has 0 spiro atoms. The number of hydrogen-bond acceptors (Lipinski definition) is 6. The van der Waals surface area contributed by atoms with E-state index in [-0.39, 0.29) is 28.7 Å². The number of sulfone groups is 1. The van der Waals surface area contributed by atoms with Crippen LogP contribution in [0.15, 0.2) is 22.8 Å². The van der Waals surface area contributed by atoms with Gasteiger partial charge >= 0.3 is 0 Å². The van der Waals surface area contributed by atoms with Gasteiger partial charge in [0, 0.05) is 31.8 Å². The highest BCUT2D eigenvalue weighted by atomic mass is 32.2. The lowest BCUT2D eigenvalue weighted by atomic mass is 9.92. The first-order valence-electron chi connectivity index (χ1n) is 8.78. The summed E-state index contributed by atoms with van der Waals surface area (Å²) < 4.78 is 30.0. The molecule has 2 rings (SSSR count). The summed E-state index contributed by atoms with van der Waals surface area (Å²) in [6.07, 6.45) is 5.31. The number of likely N-dealkylation sites (tertiary alicyclic amines) is 1. The van der Waals surface area contributed by atoms with Gasteiger partial charge in [-0.15, -0.1) is 0 Å². The molecule has 1 saturated heterocycles. The highest BCUT2D eigenvalue weighted by Gasteiger charge is 2.41. The van der Waals surface area contributed by atoms with Gasteiger partial charge in [0.2, 0.25) is 0 Å². The van der Waals surface area contributed by atoms with Gasteiger partial charge in [-0.1, -0.05) is 19.9 Å². The summed E-state index contributed by atoms with van der Waals surface area (Å²) in [5.41, 5.74) is 4.69. The topological polar surface area (TPSA) is 102 Å². The van der Waals surface area contributed by atoms with Gasteiger partial charge in [0.15, 0.2) is 15.4 Å². The van der Waals surface area contributed by atoms with Crippen LogP contribution in [0.3, 0.4) is 0 Å². The first kappa shape index (κ1) is 19.9. The Kier molecular flexibility index (Phi) is 6.29. The Labute approximate surface area is 150 Å². The summed E-state index contributed by atoms with van der Waals surface area (Å²) in [5.74, 6) is -0.409. The molecule has 25 heavy (non-hydrogen) atoms. The Morgan fingerprint density at radius 1 is 1.48 bits per heavy atom. The molecule has 3 N–H and O–H groups in total. The Morgan fingerprint density at radius 2 is 2.20 bits per heavy atom. The highest BCUT2D eigenvalue weighted by Crippen LogP contribution is 2.30. The van der Waals surface area contributed by atoms with Gasteiger partial charge in [-0.05, 0) is 32.0 Å². The lowest BCUT2D eigenvalue weighted by Gasteiger charge is -2.32. The van der Waals surface area contributed by atoms with Gasteiger partial charge in [-0.2, -0.15) is 0 Å². The molecule has 7 nitrogen and oxygen atoms in total. The van der Waals surface area contributed by atoms with Crippen LogP contribution in [0.2, 0.25) is 0 Å². The van der Waals surface area contributed by atoms with Gasteiger partial charge in [-0.3, -0.25) is 9.69 Å². The van der Waals surface area contributed by atoms with Crippen molar-refractivity contribution in [2.24, 2.45) is 5.73 Å². The minimum Gasteiger partial charge on any atom is -0.398 e. The van der Waals surface area contributed by atoms with Gasteiger partial charge < -0.3 is 15.8 Å². The van der Waals surface area contributed by atoms with E-state index in [9.17, 15) is 13.2 Å². The Morgan fingerprint density at radius 3 is 2.80 bits per heavy atom. The smallest absolute Gasteiger partial charge is 0.256 e. The molecule has 2 atom stereocenters. The van der Waals surface area contributed by atoms with E-state index in [4.69, 9.17) is 10.5 Å². The molecule has 0 radical (unpaired) electrons. The summed E-state index contributed by atoms with van der Waals surface area (Å²) >= 11 is 0. The maximum Gasteiger partial charge on any atom is 0.256 e. The van der Waals surface area contributed by atoms with Gasteiger partial charge in [0.1, 0.15) is 0 Å². The second kappa shape index (κ2) is 7.88. The van der Waals surface area contributed by atoms with Crippen LogP contribution < -0.4 is 11.1 Å². The Balaban J connectivity index is 2.18. The normalized spacial score (nSPS) is 27.7. The summed E-state index contributed by atoms with van der Waals surface area (Å²) in [7, 11) is -2.12. The largest absolute Gasteiger partial charge is 0.398 e. The maximum atomic E-state index is 12.8. The molecule has 1 aliphatic carbocycles. The number of likely N-dealkylation sites (N-methyl/N-ethyl adjacent to an activating group) is 1. The second-order valence-corrected chi connectivity index (χ2v) is 8.75. The zero-order valence-electron chi connectivity index (χ0n) is 15.2. The van der Waals surface area contributed by atoms with Crippen LogP contribution in [0.1, 0.15) is 33.1 Å². The standard InChI is InChI=1S/C17H29N3O4S/c1-4-20-10-6-7-13(20)12-19-16(21)17(24-3)9-8-14(18)15(11-17)25(22,23)5-2/h8,11,13H,4-7,9-10,12,18H2,1-3H3,(H,19,21)/t13?,17-/m0/s1. The minimum absolute atomic E-state index is 0.0192. The SMILES string of the molecule is CCN1CCCC1CNC(=O)[C@@]1(OC)C=C(S(=O)(=O)CC)C(N)=CC1. The summed E-state index contributed by atoms with van der Waals surface area (Å²) in [4.78, 5) is 15.1. The van der Waals surface area contributed by atoms with E-state index in [2.05, 4.69) is 17.1 Å². The average molecular weight is 372 g/mol. The van der Waals surface area contributed by atoms with E-state index >= 15 is 0 Å². The molecule has 1 amide bonds. The van der Waals surface area contributed by atoms with Crippen LogP contribution in [-0.4, -0.2) is 63.4 Å². The van der Waals surface area contributed by atoms with E-state index in [0.717, 1.165) is 25.9 Å². The number of nitrogens with one attached hydrogen (secondary N) is 1. The van der Waals surface area contributed by atoms with Crippen molar-refractivity contribution in [1.82, 2.24) is 10.2 Å². The zero-order valence-corrected chi connectivity index (χ0v) is 16.1. The van der Waals surface area contributed by atoms with Gasteiger partial charge in [-0.25, -0.2) is 8.42 Å². The molecule has 1 heterocycles. The molecule has 0 aromatic carbocycles. The third-order valence-corrected chi connectivity index (χ3v) is 6.92. The summed E-state index contributed by atoms with van der Waals surface area (Å²) in [6, 6.07) is 0.315. The number of amides is 1. The molecular formula is C17H29N3O4S. The molecule has 0 saturated carbocycles. The number of nitrogens with two attached hydrogens (primary N) is 1. The van der Waals surface area contributed by atoms with E-state index in [1.807, 2.05) is 0 Å². The van der Waals surface area contributed by atoms with Crippen molar-refractivity contribution < 1.29 is 17.9 Å². The minimum atomic E-state index is -3.53. The fourth-order valence-electron chi connectivity index (χ4n) is 3.44. The zero-order chi connectivity index (χ0) is 18.7. The second-order valence-electron chi connectivity index (χ2n) is 6.50. The highest BCUT2D eigenvalue weighted by molar-refractivity contribution is 7.95. The monoisotopic (exact) mass is 371 g/mol. The molecule has 0 aromatic rings. The molecule has 142 valence electrons. The van der Waals surface area contributed by atoms with Crippen molar-refractivity contribution >= 4 is 15.7 Å². The van der Waals surface area contributed by atoms with Crippen LogP contribution >= 0.6 is 0 Å². The van der Waals surface area contributed by atoms with E-state index in [1.165, 1.54) is 13.2 Å². The predicted molar refractivity (Wildman–Crippen MR) is 97.4 cm³/mol. The van der Waals surface area contributed by atoms with Gasteiger partial charge in [0.05, 0.1) is 10.7 Å². The number of methoxy groups -OCH3 is 1. The number of rotatable bonds is 7. The van der Waals surface area contributed by atoms with Crippen LogP contribution in [0.5, 0.6) is 0 Å². The Hall–Kier alpha value is -1.38. The third-order valence-electron chi connectivity index (χ3n) is 5.14. The van der Waals surface area contributed by atoms with E-state index in [1.54, 1.807) is 13.0 Å². The summed E-state index contributed by atoms with van der Waals surface area (Å²) in [6.45, 7) is 6.18. The van der Waals surface area contributed by atoms with Gasteiger partial charge in [0.25, 0.3) is 5.91 Å². The number of carbonyl (C=O) groups excluding carboxylic acids is 1. The third kappa shape index (κ3) is 4.07. The summed E-state index contributed by atoms with van der Waals surface area (Å²) in [5, 5.41) is 2.94. The van der Waals surface area contributed by atoms with Crippen LogP contribution in [0.25, 0.3) is 0 Å².